The van der Waals surface area contributed by atoms with Crippen LogP contribution in [0.25, 0.3) is 11.1 Å². The molecule has 0 heteroatoms. The summed E-state index contributed by atoms with van der Waals surface area (Å²) in [4.78, 5) is 0. The topological polar surface area (TPSA) is 0 Å². The van der Waals surface area contributed by atoms with Crippen LogP contribution in [0, 0.1) is 0 Å². The SMILES string of the molecule is CC(C)c1ccc2c(c1)-c1cccc(C(C)C)c1C2(C)C. The van der Waals surface area contributed by atoms with Gasteiger partial charge in [0.1, 0.15) is 0 Å². The largest absolute Gasteiger partial charge is 0.0613 e. The summed E-state index contributed by atoms with van der Waals surface area (Å²) in [7, 11) is 0. The minimum Gasteiger partial charge on any atom is -0.0613 e. The first kappa shape index (κ1) is 14.4. The van der Waals surface area contributed by atoms with Gasteiger partial charge >= 0.3 is 0 Å². The third-order valence-corrected chi connectivity index (χ3v) is 5.02. The molecule has 110 valence electrons. The van der Waals surface area contributed by atoms with E-state index < -0.39 is 0 Å². The van der Waals surface area contributed by atoms with E-state index in [2.05, 4.69) is 77.9 Å². The predicted octanol–water partition coefficient (Wildman–Crippen LogP) is 6.24. The van der Waals surface area contributed by atoms with E-state index in [1.165, 1.54) is 33.4 Å². The fourth-order valence-electron chi connectivity index (χ4n) is 3.80. The molecule has 0 nitrogen and oxygen atoms in total. The molecule has 2 aromatic rings. The third-order valence-electron chi connectivity index (χ3n) is 5.02. The molecule has 0 aliphatic heterocycles. The van der Waals surface area contributed by atoms with Crippen molar-refractivity contribution >= 4 is 0 Å². The summed E-state index contributed by atoms with van der Waals surface area (Å²) < 4.78 is 0. The van der Waals surface area contributed by atoms with Gasteiger partial charge in [-0.2, -0.15) is 0 Å². The Kier molecular flexibility index (Phi) is 3.24. The molecule has 0 spiro atoms. The van der Waals surface area contributed by atoms with E-state index in [1.54, 1.807) is 0 Å². The summed E-state index contributed by atoms with van der Waals surface area (Å²) in [5, 5.41) is 0. The van der Waals surface area contributed by atoms with Gasteiger partial charge in [0.2, 0.25) is 0 Å². The fraction of sp³-hybridized carbons (Fsp3) is 0.429. The first-order valence-corrected chi connectivity index (χ1v) is 8.12. The Morgan fingerprint density at radius 2 is 1.52 bits per heavy atom. The molecule has 0 bridgehead atoms. The first-order chi connectivity index (χ1) is 9.84. The number of benzene rings is 2. The smallest absolute Gasteiger partial charge is 0.0161 e. The van der Waals surface area contributed by atoms with Crippen molar-refractivity contribution in [2.75, 3.05) is 0 Å². The lowest BCUT2D eigenvalue weighted by atomic mass is 9.78. The molecule has 2 aromatic carbocycles. The molecule has 21 heavy (non-hydrogen) atoms. The van der Waals surface area contributed by atoms with Gasteiger partial charge in [-0.05, 0) is 45.2 Å². The van der Waals surface area contributed by atoms with E-state index in [9.17, 15) is 0 Å². The summed E-state index contributed by atoms with van der Waals surface area (Å²) in [6.45, 7) is 13.9. The zero-order chi connectivity index (χ0) is 15.4. The highest BCUT2D eigenvalue weighted by atomic mass is 14.4. The molecular formula is C21H26. The Bertz CT molecular complexity index is 687. The summed E-state index contributed by atoms with van der Waals surface area (Å²) in [5.41, 5.74) is 8.96. The normalized spacial score (nSPS) is 15.4. The van der Waals surface area contributed by atoms with Crippen LogP contribution in [0.4, 0.5) is 0 Å². The van der Waals surface area contributed by atoms with E-state index in [4.69, 9.17) is 0 Å². The van der Waals surface area contributed by atoms with Gasteiger partial charge in [0.25, 0.3) is 0 Å². The third kappa shape index (κ3) is 2.04. The quantitative estimate of drug-likeness (QED) is 0.610. The highest BCUT2D eigenvalue weighted by Gasteiger charge is 2.37. The average Bonchev–Trinajstić information content (AvgIpc) is 2.67. The molecule has 0 unspecified atom stereocenters. The molecule has 0 aromatic heterocycles. The number of hydrogen-bond acceptors (Lipinski definition) is 0. The molecule has 0 radical (unpaired) electrons. The molecule has 0 fully saturated rings. The Labute approximate surface area is 129 Å². The molecule has 0 saturated carbocycles. The van der Waals surface area contributed by atoms with Crippen LogP contribution in [-0.4, -0.2) is 0 Å². The second kappa shape index (κ2) is 4.73. The van der Waals surface area contributed by atoms with Gasteiger partial charge in [-0.25, -0.2) is 0 Å². The van der Waals surface area contributed by atoms with E-state index in [0.717, 1.165) is 0 Å². The lowest BCUT2D eigenvalue weighted by Gasteiger charge is -2.25. The molecule has 0 saturated heterocycles. The van der Waals surface area contributed by atoms with Crippen LogP contribution in [0.15, 0.2) is 36.4 Å². The average molecular weight is 278 g/mol. The Hall–Kier alpha value is -1.56. The van der Waals surface area contributed by atoms with Crippen molar-refractivity contribution in [3.05, 3.63) is 58.7 Å². The van der Waals surface area contributed by atoms with Crippen LogP contribution in [0.5, 0.6) is 0 Å². The van der Waals surface area contributed by atoms with Gasteiger partial charge in [-0.15, -0.1) is 0 Å². The zero-order valence-corrected chi connectivity index (χ0v) is 14.1. The van der Waals surface area contributed by atoms with Crippen LogP contribution < -0.4 is 0 Å². The standard InChI is InChI=1S/C21H26/c1-13(2)15-10-11-19-18(12-15)17-9-7-8-16(14(3)4)20(17)21(19,5)6/h7-14H,1-6H3. The molecule has 0 heterocycles. The Morgan fingerprint density at radius 1 is 0.810 bits per heavy atom. The molecule has 0 N–H and O–H groups in total. The number of hydrogen-bond donors (Lipinski definition) is 0. The maximum Gasteiger partial charge on any atom is 0.0161 e. The lowest BCUT2D eigenvalue weighted by molar-refractivity contribution is 0.642. The minimum atomic E-state index is 0.112. The first-order valence-electron chi connectivity index (χ1n) is 8.12. The Balaban J connectivity index is 2.31. The van der Waals surface area contributed by atoms with E-state index >= 15 is 0 Å². The number of fused-ring (bicyclic) bond motifs is 3. The van der Waals surface area contributed by atoms with Crippen molar-refractivity contribution in [1.29, 1.82) is 0 Å². The highest BCUT2D eigenvalue weighted by Crippen LogP contribution is 2.51. The minimum absolute atomic E-state index is 0.112. The van der Waals surface area contributed by atoms with Crippen molar-refractivity contribution < 1.29 is 0 Å². The van der Waals surface area contributed by atoms with Gasteiger partial charge in [0.05, 0.1) is 0 Å². The van der Waals surface area contributed by atoms with Crippen LogP contribution in [0.1, 0.15) is 75.6 Å². The van der Waals surface area contributed by atoms with Crippen molar-refractivity contribution in [3.63, 3.8) is 0 Å². The van der Waals surface area contributed by atoms with E-state index in [0.29, 0.717) is 11.8 Å². The van der Waals surface area contributed by atoms with Crippen LogP contribution in [0.3, 0.4) is 0 Å². The molecule has 1 aliphatic carbocycles. The predicted molar refractivity (Wildman–Crippen MR) is 92.2 cm³/mol. The van der Waals surface area contributed by atoms with Crippen molar-refractivity contribution in [1.82, 2.24) is 0 Å². The van der Waals surface area contributed by atoms with Crippen LogP contribution in [-0.2, 0) is 5.41 Å². The maximum absolute atomic E-state index is 2.41. The zero-order valence-electron chi connectivity index (χ0n) is 14.1. The van der Waals surface area contributed by atoms with Gasteiger partial charge in [0.15, 0.2) is 0 Å². The van der Waals surface area contributed by atoms with Crippen molar-refractivity contribution in [3.8, 4) is 11.1 Å². The lowest BCUT2D eigenvalue weighted by Crippen LogP contribution is -2.17. The second-order valence-corrected chi connectivity index (χ2v) is 7.51. The van der Waals surface area contributed by atoms with Gasteiger partial charge in [0, 0.05) is 5.41 Å². The molecular weight excluding hydrogens is 252 g/mol. The van der Waals surface area contributed by atoms with Crippen molar-refractivity contribution in [2.24, 2.45) is 0 Å². The molecule has 0 amide bonds. The summed E-state index contributed by atoms with van der Waals surface area (Å²) in [5.74, 6) is 1.15. The second-order valence-electron chi connectivity index (χ2n) is 7.51. The molecule has 0 atom stereocenters. The van der Waals surface area contributed by atoms with Crippen LogP contribution in [0.2, 0.25) is 0 Å². The fourth-order valence-corrected chi connectivity index (χ4v) is 3.80. The van der Waals surface area contributed by atoms with Crippen LogP contribution >= 0.6 is 0 Å². The highest BCUT2D eigenvalue weighted by molar-refractivity contribution is 5.82. The van der Waals surface area contributed by atoms with E-state index in [1.807, 2.05) is 0 Å². The van der Waals surface area contributed by atoms with Gasteiger partial charge in [-0.3, -0.25) is 0 Å². The monoisotopic (exact) mass is 278 g/mol. The number of rotatable bonds is 2. The molecule has 3 rings (SSSR count). The van der Waals surface area contributed by atoms with Gasteiger partial charge in [-0.1, -0.05) is 77.9 Å². The van der Waals surface area contributed by atoms with E-state index in [-0.39, 0.29) is 5.41 Å². The summed E-state index contributed by atoms with van der Waals surface area (Å²) in [6, 6.07) is 13.9. The molecule has 1 aliphatic rings. The van der Waals surface area contributed by atoms with Crippen molar-refractivity contribution in [2.45, 2.75) is 58.8 Å². The van der Waals surface area contributed by atoms with Gasteiger partial charge < -0.3 is 0 Å². The maximum atomic E-state index is 2.41. The Morgan fingerprint density at radius 3 is 2.14 bits per heavy atom. The summed E-state index contributed by atoms with van der Waals surface area (Å²) in [6.07, 6.45) is 0. The summed E-state index contributed by atoms with van der Waals surface area (Å²) >= 11 is 0.